The van der Waals surface area contributed by atoms with Gasteiger partial charge in [0.15, 0.2) is 0 Å². The molecule has 0 unspecified atom stereocenters. The quantitative estimate of drug-likeness (QED) is 0.745. The Morgan fingerprint density at radius 2 is 1.94 bits per heavy atom. The second kappa shape index (κ2) is 4.15. The van der Waals surface area contributed by atoms with Gasteiger partial charge in [-0.1, -0.05) is 0 Å². The maximum absolute atomic E-state index is 13.7. The van der Waals surface area contributed by atoms with Gasteiger partial charge in [0.25, 0.3) is 5.91 Å². The van der Waals surface area contributed by atoms with Gasteiger partial charge in [-0.2, -0.15) is 8.78 Å². The maximum atomic E-state index is 13.7. The molecule has 0 atom stereocenters. The normalized spacial score (nSPS) is 23.0. The predicted octanol–water partition coefficient (Wildman–Crippen LogP) is -0.116. The highest BCUT2D eigenvalue weighted by Gasteiger charge is 2.61. The lowest BCUT2D eigenvalue weighted by atomic mass is 9.75. The topological polar surface area (TPSA) is 69.6 Å². The molecule has 1 heterocycles. The molecule has 2 N–H and O–H groups in total. The number of hydrogen-bond acceptors (Lipinski definition) is 3. The predicted molar refractivity (Wildman–Crippen MR) is 57.9 cm³/mol. The summed E-state index contributed by atoms with van der Waals surface area (Å²) in [5.41, 5.74) is -2.19. The van der Waals surface area contributed by atoms with Crippen LogP contribution in [-0.2, 0) is 9.59 Å². The third-order valence-electron chi connectivity index (χ3n) is 3.71. The van der Waals surface area contributed by atoms with Gasteiger partial charge < -0.3 is 15.3 Å². The van der Waals surface area contributed by atoms with Crippen LogP contribution in [-0.4, -0.2) is 52.5 Å². The number of likely N-dealkylation sites (tertiary alicyclic amines) is 1. The molecule has 5 nitrogen and oxygen atoms in total. The molecular weight excluding hydrogens is 246 g/mol. The van der Waals surface area contributed by atoms with Gasteiger partial charge in [0.1, 0.15) is 5.60 Å². The van der Waals surface area contributed by atoms with Crippen molar-refractivity contribution < 1.29 is 23.5 Å². The molecule has 7 heteroatoms. The van der Waals surface area contributed by atoms with Crippen molar-refractivity contribution in [3.8, 4) is 0 Å². The number of carbonyl (C=O) groups is 2. The average Bonchev–Trinajstić information content (AvgIpc) is 2.17. The van der Waals surface area contributed by atoms with Gasteiger partial charge >= 0.3 is 5.92 Å². The van der Waals surface area contributed by atoms with Crippen molar-refractivity contribution in [3.63, 3.8) is 0 Å². The molecule has 0 aromatic heterocycles. The minimum Gasteiger partial charge on any atom is -0.383 e. The number of rotatable bonds is 3. The Morgan fingerprint density at radius 3 is 2.33 bits per heavy atom. The number of halogens is 2. The van der Waals surface area contributed by atoms with Gasteiger partial charge in [0.05, 0.1) is 6.04 Å². The van der Waals surface area contributed by atoms with E-state index in [0.717, 1.165) is 0 Å². The van der Waals surface area contributed by atoms with Gasteiger partial charge in [-0.15, -0.1) is 0 Å². The van der Waals surface area contributed by atoms with E-state index in [1.165, 1.54) is 11.8 Å². The summed E-state index contributed by atoms with van der Waals surface area (Å²) in [4.78, 5) is 23.8. The molecule has 1 saturated carbocycles. The lowest BCUT2D eigenvalue weighted by molar-refractivity contribution is -0.217. The average molecular weight is 262 g/mol. The summed E-state index contributed by atoms with van der Waals surface area (Å²) in [5.74, 6) is -5.36. The number of nitrogens with zero attached hydrogens (tertiary/aromatic N) is 1. The molecule has 2 fully saturated rings. The first-order chi connectivity index (χ1) is 8.26. The fourth-order valence-electron chi connectivity index (χ4n) is 2.14. The van der Waals surface area contributed by atoms with Crippen molar-refractivity contribution in [3.05, 3.63) is 0 Å². The van der Waals surface area contributed by atoms with Gasteiger partial charge in [-0.3, -0.25) is 9.59 Å². The van der Waals surface area contributed by atoms with E-state index in [9.17, 15) is 23.5 Å². The summed E-state index contributed by atoms with van der Waals surface area (Å²) >= 11 is 0. The molecule has 2 rings (SSSR count). The van der Waals surface area contributed by atoms with E-state index >= 15 is 0 Å². The first kappa shape index (κ1) is 13.2. The summed E-state index contributed by atoms with van der Waals surface area (Å²) < 4.78 is 27.4. The molecule has 1 aliphatic carbocycles. The Hall–Kier alpha value is -1.24. The highest BCUT2D eigenvalue weighted by molar-refractivity contribution is 5.85. The third-order valence-corrected chi connectivity index (χ3v) is 3.71. The molecule has 0 aromatic carbocycles. The number of amides is 2. The number of hydrogen-bond donors (Lipinski definition) is 2. The van der Waals surface area contributed by atoms with E-state index in [2.05, 4.69) is 5.32 Å². The minimum absolute atomic E-state index is 0.0579. The zero-order chi connectivity index (χ0) is 13.6. The fourth-order valence-corrected chi connectivity index (χ4v) is 2.14. The Bertz CT molecular complexity index is 376. The van der Waals surface area contributed by atoms with Crippen molar-refractivity contribution >= 4 is 11.8 Å². The van der Waals surface area contributed by atoms with Gasteiger partial charge in [0, 0.05) is 20.0 Å². The second-order valence-corrected chi connectivity index (χ2v) is 5.05. The van der Waals surface area contributed by atoms with E-state index in [1.807, 2.05) is 0 Å². The van der Waals surface area contributed by atoms with Crippen molar-refractivity contribution in [2.24, 2.45) is 0 Å². The standard InChI is InChI=1S/C11H16F2N2O3/c1-7(16)15-5-8(6-15)14-9(17)11(12,13)10(18)3-2-4-10/h8,18H,2-6H2,1H3,(H,14,17). The molecule has 102 valence electrons. The Balaban J connectivity index is 1.87. The summed E-state index contributed by atoms with van der Waals surface area (Å²) in [5, 5.41) is 11.7. The number of aliphatic hydroxyl groups is 1. The van der Waals surface area contributed by atoms with E-state index in [4.69, 9.17) is 0 Å². The lowest BCUT2D eigenvalue weighted by Crippen LogP contribution is -2.66. The second-order valence-electron chi connectivity index (χ2n) is 5.05. The summed E-state index contributed by atoms with van der Waals surface area (Å²) in [6, 6.07) is -0.448. The zero-order valence-corrected chi connectivity index (χ0v) is 10.1. The molecule has 0 aromatic rings. The Labute approximate surface area is 103 Å². The first-order valence-corrected chi connectivity index (χ1v) is 5.93. The molecule has 2 amide bonds. The van der Waals surface area contributed by atoms with Crippen LogP contribution < -0.4 is 5.32 Å². The van der Waals surface area contributed by atoms with Gasteiger partial charge in [0.2, 0.25) is 5.91 Å². The molecule has 0 spiro atoms. The van der Waals surface area contributed by atoms with Crippen LogP contribution in [0.1, 0.15) is 26.2 Å². The summed E-state index contributed by atoms with van der Waals surface area (Å²) in [6.45, 7) is 1.87. The van der Waals surface area contributed by atoms with E-state index in [-0.39, 0.29) is 31.8 Å². The Kier molecular flexibility index (Phi) is 3.04. The van der Waals surface area contributed by atoms with Crippen molar-refractivity contribution in [2.45, 2.75) is 43.8 Å². The van der Waals surface area contributed by atoms with Crippen LogP contribution in [0.4, 0.5) is 8.78 Å². The minimum atomic E-state index is -3.76. The molecule has 1 saturated heterocycles. The van der Waals surface area contributed by atoms with E-state index < -0.39 is 23.5 Å². The van der Waals surface area contributed by atoms with Crippen LogP contribution in [0.25, 0.3) is 0 Å². The van der Waals surface area contributed by atoms with Crippen LogP contribution in [0, 0.1) is 0 Å². The van der Waals surface area contributed by atoms with Crippen molar-refractivity contribution in [1.82, 2.24) is 10.2 Å². The monoisotopic (exact) mass is 262 g/mol. The van der Waals surface area contributed by atoms with Crippen molar-refractivity contribution in [2.75, 3.05) is 13.1 Å². The smallest absolute Gasteiger partial charge is 0.352 e. The van der Waals surface area contributed by atoms with Crippen LogP contribution in [0.5, 0.6) is 0 Å². The molecule has 0 radical (unpaired) electrons. The maximum Gasteiger partial charge on any atom is 0.352 e. The highest BCUT2D eigenvalue weighted by Crippen LogP contribution is 2.44. The van der Waals surface area contributed by atoms with Crippen LogP contribution >= 0.6 is 0 Å². The Morgan fingerprint density at radius 1 is 1.39 bits per heavy atom. The molecule has 2 aliphatic rings. The van der Waals surface area contributed by atoms with Gasteiger partial charge in [-0.05, 0) is 19.3 Å². The van der Waals surface area contributed by atoms with E-state index in [1.54, 1.807) is 0 Å². The zero-order valence-electron chi connectivity index (χ0n) is 10.1. The lowest BCUT2D eigenvalue weighted by Gasteiger charge is -2.44. The fraction of sp³-hybridized carbons (Fsp3) is 0.818. The number of alkyl halides is 2. The number of carbonyl (C=O) groups excluding carboxylic acids is 2. The largest absolute Gasteiger partial charge is 0.383 e. The SMILES string of the molecule is CC(=O)N1CC(NC(=O)C(F)(F)C2(O)CCC2)C1. The van der Waals surface area contributed by atoms with Crippen molar-refractivity contribution in [1.29, 1.82) is 0 Å². The summed E-state index contributed by atoms with van der Waals surface area (Å²) in [7, 11) is 0. The highest BCUT2D eigenvalue weighted by atomic mass is 19.3. The summed E-state index contributed by atoms with van der Waals surface area (Å²) in [6.07, 6.45) is 0.385. The molecule has 0 bridgehead atoms. The first-order valence-electron chi connectivity index (χ1n) is 5.93. The van der Waals surface area contributed by atoms with Gasteiger partial charge in [-0.25, -0.2) is 0 Å². The third kappa shape index (κ3) is 1.96. The van der Waals surface area contributed by atoms with Crippen LogP contribution in [0.3, 0.4) is 0 Å². The number of nitrogens with one attached hydrogen (secondary N) is 1. The van der Waals surface area contributed by atoms with Crippen LogP contribution in [0.15, 0.2) is 0 Å². The van der Waals surface area contributed by atoms with Crippen LogP contribution in [0.2, 0.25) is 0 Å². The van der Waals surface area contributed by atoms with E-state index in [0.29, 0.717) is 6.42 Å². The molecule has 1 aliphatic heterocycles. The molecule has 18 heavy (non-hydrogen) atoms. The molecular formula is C11H16F2N2O3.